The Kier molecular flexibility index (Phi) is 4.31. The predicted molar refractivity (Wildman–Crippen MR) is 91.3 cm³/mol. The van der Waals surface area contributed by atoms with Gasteiger partial charge in [0.2, 0.25) is 0 Å². The molecule has 0 aliphatic carbocycles. The molecule has 7 nitrogen and oxygen atoms in total. The maximum atomic E-state index is 9.22. The van der Waals surface area contributed by atoms with Crippen LogP contribution in [0.3, 0.4) is 0 Å². The van der Waals surface area contributed by atoms with Gasteiger partial charge in [-0.1, -0.05) is 0 Å². The van der Waals surface area contributed by atoms with Gasteiger partial charge in [-0.2, -0.15) is 21.0 Å². The lowest BCUT2D eigenvalue weighted by molar-refractivity contribution is 1.25. The quantitative estimate of drug-likeness (QED) is 0.650. The number of nitriles is 4. The third kappa shape index (κ3) is 2.69. The van der Waals surface area contributed by atoms with Crippen LogP contribution in [0.25, 0.3) is 33.4 Å². The van der Waals surface area contributed by atoms with E-state index in [4.69, 9.17) is 10.5 Å². The van der Waals surface area contributed by atoms with E-state index < -0.39 is 0 Å². The van der Waals surface area contributed by atoms with Crippen molar-refractivity contribution in [2.75, 3.05) is 0 Å². The standard InChI is InChI=1S/C19H7N7/c20-6-13(7-21)15-3-4-16(14(8-22)9-23)19-18(15)25-11-17(26-19)12-2-1-5-24-10-12/h1-5,10-11H. The first-order valence-corrected chi connectivity index (χ1v) is 7.28. The number of rotatable bonds is 1. The Hall–Kier alpha value is -4.59. The van der Waals surface area contributed by atoms with E-state index in [0.29, 0.717) is 21.7 Å². The molecule has 0 aliphatic heterocycles. The Bertz CT molecular complexity index is 1280. The molecule has 2 aromatic heterocycles. The van der Waals surface area contributed by atoms with Gasteiger partial charge in [-0.05, 0) is 24.3 Å². The van der Waals surface area contributed by atoms with Crippen molar-refractivity contribution in [1.82, 2.24) is 15.0 Å². The van der Waals surface area contributed by atoms with Crippen molar-refractivity contribution in [1.29, 1.82) is 21.0 Å². The number of pyridine rings is 1. The van der Waals surface area contributed by atoms with Gasteiger partial charge in [0.15, 0.2) is 0 Å². The highest BCUT2D eigenvalue weighted by Gasteiger charge is 2.10. The summed E-state index contributed by atoms with van der Waals surface area (Å²) in [6.07, 6.45) is 4.73. The molecule has 0 bridgehead atoms. The maximum absolute atomic E-state index is 9.22. The molecule has 0 fully saturated rings. The molecule has 0 saturated heterocycles. The highest BCUT2D eigenvalue weighted by Crippen LogP contribution is 2.15. The zero-order chi connectivity index (χ0) is 18.5. The predicted octanol–water partition coefficient (Wildman–Crippen LogP) is 1.09. The molecule has 1 aromatic carbocycles. The molecule has 7 heteroatoms. The summed E-state index contributed by atoms with van der Waals surface area (Å²) in [7, 11) is 0. The van der Waals surface area contributed by atoms with Crippen LogP contribution in [0.15, 0.2) is 42.9 Å². The SMILES string of the molecule is N#CC(C#N)=c1ccc(=C(C#N)C#N)c2nc(-c3cccnc3)cnc12. The van der Waals surface area contributed by atoms with Crippen LogP contribution in [0.4, 0.5) is 0 Å². The molecular weight excluding hydrogens is 326 g/mol. The number of benzene rings is 1. The van der Waals surface area contributed by atoms with Crippen LogP contribution < -0.4 is 10.4 Å². The lowest BCUT2D eigenvalue weighted by Crippen LogP contribution is -2.18. The number of hydrogen-bond acceptors (Lipinski definition) is 7. The number of nitrogens with zero attached hydrogens (tertiary/aromatic N) is 7. The van der Waals surface area contributed by atoms with E-state index in [1.807, 2.05) is 24.3 Å². The summed E-state index contributed by atoms with van der Waals surface area (Å²) in [6.45, 7) is 0. The molecule has 3 aromatic rings. The normalized spacial score (nSPS) is 9.38. The van der Waals surface area contributed by atoms with Crippen molar-refractivity contribution in [3.05, 3.63) is 53.3 Å². The Morgan fingerprint density at radius 3 is 1.92 bits per heavy atom. The molecule has 0 unspecified atom stereocenters. The average Bonchev–Trinajstić information content (AvgIpc) is 2.71. The van der Waals surface area contributed by atoms with Crippen LogP contribution in [-0.2, 0) is 0 Å². The number of aromatic nitrogens is 3. The van der Waals surface area contributed by atoms with Crippen LogP contribution in [0.2, 0.25) is 0 Å². The van der Waals surface area contributed by atoms with Gasteiger partial charge in [-0.15, -0.1) is 0 Å². The molecule has 118 valence electrons. The first-order valence-electron chi connectivity index (χ1n) is 7.28. The van der Waals surface area contributed by atoms with Gasteiger partial charge >= 0.3 is 0 Å². The van der Waals surface area contributed by atoms with E-state index in [0.717, 1.165) is 0 Å². The Morgan fingerprint density at radius 1 is 0.769 bits per heavy atom. The second kappa shape index (κ2) is 6.89. The smallest absolute Gasteiger partial charge is 0.139 e. The van der Waals surface area contributed by atoms with E-state index in [1.54, 1.807) is 24.5 Å². The van der Waals surface area contributed by atoms with E-state index in [9.17, 15) is 10.5 Å². The van der Waals surface area contributed by atoms with Crippen LogP contribution in [0, 0.1) is 45.3 Å². The molecular formula is C19H7N7. The topological polar surface area (TPSA) is 134 Å². The van der Waals surface area contributed by atoms with E-state index in [-0.39, 0.29) is 22.2 Å². The van der Waals surface area contributed by atoms with Crippen molar-refractivity contribution >= 4 is 22.2 Å². The van der Waals surface area contributed by atoms with Crippen LogP contribution >= 0.6 is 0 Å². The molecule has 0 radical (unpaired) electrons. The van der Waals surface area contributed by atoms with E-state index >= 15 is 0 Å². The van der Waals surface area contributed by atoms with Gasteiger partial charge in [-0.3, -0.25) is 9.97 Å². The van der Waals surface area contributed by atoms with Crippen molar-refractivity contribution in [3.63, 3.8) is 0 Å². The largest absolute Gasteiger partial charge is 0.264 e. The third-order valence-corrected chi connectivity index (χ3v) is 3.64. The van der Waals surface area contributed by atoms with Crippen molar-refractivity contribution in [2.45, 2.75) is 0 Å². The number of hydrogen-bond donors (Lipinski definition) is 0. The summed E-state index contributed by atoms with van der Waals surface area (Å²) in [6, 6.07) is 13.9. The Morgan fingerprint density at radius 2 is 1.38 bits per heavy atom. The van der Waals surface area contributed by atoms with Gasteiger partial charge in [0.1, 0.15) is 35.4 Å². The monoisotopic (exact) mass is 333 g/mol. The van der Waals surface area contributed by atoms with Crippen molar-refractivity contribution in [3.8, 4) is 35.5 Å². The van der Waals surface area contributed by atoms with E-state index in [1.165, 1.54) is 18.3 Å². The highest BCUT2D eigenvalue weighted by atomic mass is 14.8. The second-order valence-electron chi connectivity index (χ2n) is 5.05. The molecule has 2 heterocycles. The van der Waals surface area contributed by atoms with Gasteiger partial charge in [-0.25, -0.2) is 4.98 Å². The van der Waals surface area contributed by atoms with Gasteiger partial charge in [0.25, 0.3) is 0 Å². The fourth-order valence-electron chi connectivity index (χ4n) is 2.45. The maximum Gasteiger partial charge on any atom is 0.139 e. The zero-order valence-electron chi connectivity index (χ0n) is 13.2. The third-order valence-electron chi connectivity index (χ3n) is 3.64. The van der Waals surface area contributed by atoms with Gasteiger partial charge in [0, 0.05) is 28.4 Å². The number of fused-ring (bicyclic) bond motifs is 1. The molecule has 0 saturated carbocycles. The molecule has 0 aliphatic rings. The lowest BCUT2D eigenvalue weighted by Gasteiger charge is -2.04. The Balaban J connectivity index is 2.56. The first-order chi connectivity index (χ1) is 12.7. The minimum atomic E-state index is -0.130. The van der Waals surface area contributed by atoms with Crippen molar-refractivity contribution in [2.24, 2.45) is 0 Å². The average molecular weight is 333 g/mol. The summed E-state index contributed by atoms with van der Waals surface area (Å²) >= 11 is 0. The lowest BCUT2D eigenvalue weighted by atomic mass is 10.1. The van der Waals surface area contributed by atoms with Crippen LogP contribution in [0.1, 0.15) is 0 Å². The zero-order valence-corrected chi connectivity index (χ0v) is 13.2. The molecule has 3 rings (SSSR count). The summed E-state index contributed by atoms with van der Waals surface area (Å²) in [4.78, 5) is 12.9. The van der Waals surface area contributed by atoms with Crippen LogP contribution in [0.5, 0.6) is 0 Å². The van der Waals surface area contributed by atoms with Gasteiger partial charge in [0.05, 0.1) is 22.9 Å². The minimum absolute atomic E-state index is 0.125. The fourth-order valence-corrected chi connectivity index (χ4v) is 2.45. The molecule has 0 N–H and O–H groups in total. The van der Waals surface area contributed by atoms with Crippen LogP contribution in [-0.4, -0.2) is 15.0 Å². The molecule has 0 spiro atoms. The fraction of sp³-hybridized carbons (Fsp3) is 0. The summed E-state index contributed by atoms with van der Waals surface area (Å²) in [5.74, 6) is 0. The molecule has 26 heavy (non-hydrogen) atoms. The van der Waals surface area contributed by atoms with Crippen molar-refractivity contribution < 1.29 is 0 Å². The summed E-state index contributed by atoms with van der Waals surface area (Å²) < 4.78 is 0. The molecule has 0 amide bonds. The van der Waals surface area contributed by atoms with E-state index in [2.05, 4.69) is 15.0 Å². The van der Waals surface area contributed by atoms with Gasteiger partial charge < -0.3 is 0 Å². The summed E-state index contributed by atoms with van der Waals surface area (Å²) in [5.41, 5.74) is 1.49. The molecule has 0 atom stereocenters. The second-order valence-corrected chi connectivity index (χ2v) is 5.05. The Labute approximate surface area is 147 Å². The summed E-state index contributed by atoms with van der Waals surface area (Å²) in [5, 5.41) is 37.4. The highest BCUT2D eigenvalue weighted by molar-refractivity contribution is 5.88. The minimum Gasteiger partial charge on any atom is -0.264 e. The first kappa shape index (κ1) is 16.3.